The van der Waals surface area contributed by atoms with Gasteiger partial charge in [-0.2, -0.15) is 0 Å². The highest BCUT2D eigenvalue weighted by atomic mass is 16.4. The number of benzene rings is 1. The fourth-order valence-electron chi connectivity index (χ4n) is 3.92. The van der Waals surface area contributed by atoms with Crippen LogP contribution in [0.3, 0.4) is 0 Å². The van der Waals surface area contributed by atoms with E-state index >= 15 is 0 Å². The Balaban J connectivity index is 1.62. The maximum Gasteiger partial charge on any atom is 0.407 e. The molecule has 0 unspecified atom stereocenters. The lowest BCUT2D eigenvalue weighted by Gasteiger charge is -2.22. The SMILES string of the molecule is CC(C)(C)c1nc(NC2Cc3ccccc3C2)nc2c1CN(C(=O)O)C2. The summed E-state index contributed by atoms with van der Waals surface area (Å²) in [4.78, 5) is 22.2. The largest absolute Gasteiger partial charge is 0.465 e. The van der Waals surface area contributed by atoms with Crippen LogP contribution < -0.4 is 5.32 Å². The van der Waals surface area contributed by atoms with Crippen LogP contribution >= 0.6 is 0 Å². The van der Waals surface area contributed by atoms with Crippen LogP contribution in [0.4, 0.5) is 10.7 Å². The molecule has 1 aromatic carbocycles. The zero-order valence-electron chi connectivity index (χ0n) is 15.4. The van der Waals surface area contributed by atoms with E-state index in [9.17, 15) is 9.90 Å². The van der Waals surface area contributed by atoms with Gasteiger partial charge in [-0.15, -0.1) is 0 Å². The summed E-state index contributed by atoms with van der Waals surface area (Å²) in [6.07, 6.45) is 1.01. The van der Waals surface area contributed by atoms with Crippen molar-refractivity contribution in [3.8, 4) is 0 Å². The summed E-state index contributed by atoms with van der Waals surface area (Å²) in [7, 11) is 0. The Bertz CT molecular complexity index is 848. The predicted molar refractivity (Wildman–Crippen MR) is 99.3 cm³/mol. The van der Waals surface area contributed by atoms with Crippen LogP contribution in [0.2, 0.25) is 0 Å². The number of hydrogen-bond donors (Lipinski definition) is 2. The van der Waals surface area contributed by atoms with E-state index in [0.29, 0.717) is 19.0 Å². The summed E-state index contributed by atoms with van der Waals surface area (Å²) in [5, 5.41) is 12.8. The van der Waals surface area contributed by atoms with E-state index in [1.807, 2.05) is 0 Å². The Kier molecular flexibility index (Phi) is 3.86. The molecule has 1 aliphatic carbocycles. The van der Waals surface area contributed by atoms with Crippen molar-refractivity contribution >= 4 is 12.0 Å². The van der Waals surface area contributed by atoms with Crippen LogP contribution in [0.25, 0.3) is 0 Å². The van der Waals surface area contributed by atoms with Crippen LogP contribution in [0.1, 0.15) is 48.8 Å². The average molecular weight is 352 g/mol. The summed E-state index contributed by atoms with van der Waals surface area (Å²) in [6, 6.07) is 8.77. The van der Waals surface area contributed by atoms with Crippen molar-refractivity contribution in [2.75, 3.05) is 5.32 Å². The molecule has 6 heteroatoms. The molecule has 0 spiro atoms. The average Bonchev–Trinajstić information content (AvgIpc) is 3.16. The van der Waals surface area contributed by atoms with Crippen molar-refractivity contribution in [1.82, 2.24) is 14.9 Å². The first kappa shape index (κ1) is 16.8. The minimum Gasteiger partial charge on any atom is -0.465 e. The Labute approximate surface area is 153 Å². The van der Waals surface area contributed by atoms with Crippen LogP contribution in [0, 0.1) is 0 Å². The summed E-state index contributed by atoms with van der Waals surface area (Å²) in [5.41, 5.74) is 5.30. The lowest BCUT2D eigenvalue weighted by Crippen LogP contribution is -2.24. The van der Waals surface area contributed by atoms with E-state index in [1.165, 1.54) is 16.0 Å². The number of amides is 1. The minimum absolute atomic E-state index is 0.170. The van der Waals surface area contributed by atoms with E-state index in [2.05, 4.69) is 55.3 Å². The van der Waals surface area contributed by atoms with E-state index in [1.54, 1.807) is 0 Å². The Morgan fingerprint density at radius 2 is 1.81 bits per heavy atom. The van der Waals surface area contributed by atoms with Crippen LogP contribution in [0.5, 0.6) is 0 Å². The van der Waals surface area contributed by atoms with Crippen LogP contribution in [0.15, 0.2) is 24.3 Å². The molecular formula is C20H24N4O2. The first-order chi connectivity index (χ1) is 12.3. The van der Waals surface area contributed by atoms with Gasteiger partial charge in [0.25, 0.3) is 0 Å². The number of carbonyl (C=O) groups is 1. The summed E-state index contributed by atoms with van der Waals surface area (Å²) in [5.74, 6) is 0.610. The summed E-state index contributed by atoms with van der Waals surface area (Å²) >= 11 is 0. The van der Waals surface area contributed by atoms with Crippen LogP contribution in [-0.2, 0) is 31.3 Å². The van der Waals surface area contributed by atoms with Gasteiger partial charge in [-0.05, 0) is 24.0 Å². The molecule has 2 heterocycles. The van der Waals surface area contributed by atoms with Crippen molar-refractivity contribution in [1.29, 1.82) is 0 Å². The number of rotatable bonds is 2. The molecule has 0 atom stereocenters. The van der Waals surface area contributed by atoms with Crippen LogP contribution in [-0.4, -0.2) is 32.1 Å². The third kappa shape index (κ3) is 3.00. The van der Waals surface area contributed by atoms with Gasteiger partial charge >= 0.3 is 6.09 Å². The van der Waals surface area contributed by atoms with E-state index in [4.69, 9.17) is 4.98 Å². The fourth-order valence-corrected chi connectivity index (χ4v) is 3.92. The lowest BCUT2D eigenvalue weighted by atomic mass is 9.88. The molecule has 1 aliphatic heterocycles. The third-order valence-corrected chi connectivity index (χ3v) is 5.15. The van der Waals surface area contributed by atoms with E-state index < -0.39 is 6.09 Å². The molecule has 2 aromatic rings. The predicted octanol–water partition coefficient (Wildman–Crippen LogP) is 3.35. The number of nitrogens with one attached hydrogen (secondary N) is 1. The lowest BCUT2D eigenvalue weighted by molar-refractivity contribution is 0.144. The van der Waals surface area contributed by atoms with Gasteiger partial charge in [-0.25, -0.2) is 14.8 Å². The van der Waals surface area contributed by atoms with Crippen molar-refractivity contribution < 1.29 is 9.90 Å². The Morgan fingerprint density at radius 1 is 1.15 bits per heavy atom. The summed E-state index contributed by atoms with van der Waals surface area (Å²) < 4.78 is 0. The molecule has 0 saturated carbocycles. The maximum absolute atomic E-state index is 11.4. The molecule has 26 heavy (non-hydrogen) atoms. The van der Waals surface area contributed by atoms with Gasteiger partial charge in [-0.3, -0.25) is 4.90 Å². The minimum atomic E-state index is -0.913. The number of carboxylic acid groups (broad SMARTS) is 1. The van der Waals surface area contributed by atoms with Gasteiger partial charge in [-0.1, -0.05) is 45.0 Å². The molecule has 2 aliphatic rings. The smallest absolute Gasteiger partial charge is 0.407 e. The first-order valence-electron chi connectivity index (χ1n) is 9.02. The second-order valence-corrected chi connectivity index (χ2v) is 8.23. The fraction of sp³-hybridized carbons (Fsp3) is 0.450. The Hall–Kier alpha value is -2.63. The number of hydrogen-bond acceptors (Lipinski definition) is 4. The van der Waals surface area contributed by atoms with E-state index in [0.717, 1.165) is 29.8 Å². The van der Waals surface area contributed by atoms with Gasteiger partial charge < -0.3 is 10.4 Å². The number of aromatic nitrogens is 2. The topological polar surface area (TPSA) is 78.4 Å². The molecule has 2 N–H and O–H groups in total. The second-order valence-electron chi connectivity index (χ2n) is 8.23. The molecule has 1 aromatic heterocycles. The van der Waals surface area contributed by atoms with Crippen molar-refractivity contribution in [3.05, 3.63) is 52.3 Å². The molecule has 0 radical (unpaired) electrons. The van der Waals surface area contributed by atoms with Gasteiger partial charge in [0.05, 0.1) is 24.5 Å². The van der Waals surface area contributed by atoms with Gasteiger partial charge in [0.1, 0.15) is 0 Å². The second kappa shape index (κ2) is 5.97. The molecule has 6 nitrogen and oxygen atoms in total. The van der Waals surface area contributed by atoms with Crippen molar-refractivity contribution in [2.24, 2.45) is 0 Å². The molecule has 1 amide bonds. The number of nitrogens with zero attached hydrogens (tertiary/aromatic N) is 3. The molecule has 4 rings (SSSR count). The number of fused-ring (bicyclic) bond motifs is 2. The monoisotopic (exact) mass is 352 g/mol. The first-order valence-corrected chi connectivity index (χ1v) is 9.02. The molecule has 0 fully saturated rings. The van der Waals surface area contributed by atoms with Crippen molar-refractivity contribution in [2.45, 2.75) is 58.2 Å². The zero-order chi connectivity index (χ0) is 18.5. The highest BCUT2D eigenvalue weighted by Gasteiger charge is 2.32. The third-order valence-electron chi connectivity index (χ3n) is 5.15. The molecule has 0 bridgehead atoms. The molecule has 136 valence electrons. The van der Waals surface area contributed by atoms with Gasteiger partial charge in [0, 0.05) is 17.0 Å². The normalized spacial score (nSPS) is 16.5. The molecular weight excluding hydrogens is 328 g/mol. The quantitative estimate of drug-likeness (QED) is 0.867. The highest BCUT2D eigenvalue weighted by molar-refractivity contribution is 5.66. The molecule has 0 saturated heterocycles. The van der Waals surface area contributed by atoms with Gasteiger partial charge in [0.15, 0.2) is 0 Å². The standard InChI is InChI=1S/C20H24N4O2/c1-20(2,3)17-15-10-24(19(25)26)11-16(15)22-18(23-17)21-14-8-12-6-4-5-7-13(12)9-14/h4-7,14H,8-11H2,1-3H3,(H,25,26)(H,21,22,23). The number of anilines is 1. The zero-order valence-corrected chi connectivity index (χ0v) is 15.4. The summed E-state index contributed by atoms with van der Waals surface area (Å²) in [6.45, 7) is 7.01. The maximum atomic E-state index is 11.4. The highest BCUT2D eigenvalue weighted by Crippen LogP contribution is 2.33. The Morgan fingerprint density at radius 3 is 2.38 bits per heavy atom. The van der Waals surface area contributed by atoms with Crippen molar-refractivity contribution in [3.63, 3.8) is 0 Å². The van der Waals surface area contributed by atoms with E-state index in [-0.39, 0.29) is 11.5 Å². The van der Waals surface area contributed by atoms with Gasteiger partial charge in [0.2, 0.25) is 5.95 Å².